The molecule has 0 radical (unpaired) electrons. The second kappa shape index (κ2) is 5.69. The number of aryl methyl sites for hydroxylation is 1. The standard InChI is InChI=1S/C15H17N5O3/c1-9-18-14(23-19-9)5-11-4-10-7-20(8-13(10)22-11)15(21)12-6-16-2-3-17-12/h2-3,6,10-11,13H,4-5,7-8H2,1H3/t10-,11+,13+/m0/s1. The van der Waals surface area contributed by atoms with E-state index in [0.717, 1.165) is 6.42 Å². The van der Waals surface area contributed by atoms with Gasteiger partial charge in [-0.05, 0) is 13.3 Å². The summed E-state index contributed by atoms with van der Waals surface area (Å²) in [6.07, 6.45) is 6.27. The van der Waals surface area contributed by atoms with Gasteiger partial charge in [-0.2, -0.15) is 4.98 Å². The zero-order valence-corrected chi connectivity index (χ0v) is 12.8. The number of carbonyl (C=O) groups is 1. The molecular formula is C15H17N5O3. The molecule has 8 nitrogen and oxygen atoms in total. The van der Waals surface area contributed by atoms with Gasteiger partial charge in [0.25, 0.3) is 5.91 Å². The number of hydrogen-bond acceptors (Lipinski definition) is 7. The zero-order chi connectivity index (χ0) is 15.8. The van der Waals surface area contributed by atoms with Gasteiger partial charge in [0.1, 0.15) is 5.69 Å². The number of fused-ring (bicyclic) bond motifs is 1. The van der Waals surface area contributed by atoms with E-state index in [9.17, 15) is 4.79 Å². The quantitative estimate of drug-likeness (QED) is 0.820. The van der Waals surface area contributed by atoms with E-state index in [1.807, 2.05) is 0 Å². The first-order chi connectivity index (χ1) is 11.2. The van der Waals surface area contributed by atoms with E-state index in [1.54, 1.807) is 18.0 Å². The normalized spacial score (nSPS) is 26.5. The van der Waals surface area contributed by atoms with Gasteiger partial charge in [-0.15, -0.1) is 0 Å². The SMILES string of the molecule is Cc1noc(C[C@H]2C[C@H]3CN(C(=O)c4cnccn4)C[C@H]3O2)n1. The fourth-order valence-corrected chi connectivity index (χ4v) is 3.35. The lowest BCUT2D eigenvalue weighted by molar-refractivity contribution is 0.0329. The highest BCUT2D eigenvalue weighted by atomic mass is 16.5. The molecule has 0 saturated carbocycles. The Labute approximate surface area is 132 Å². The number of rotatable bonds is 3. The second-order valence-electron chi connectivity index (χ2n) is 6.03. The van der Waals surface area contributed by atoms with Crippen molar-refractivity contribution in [3.05, 3.63) is 36.0 Å². The summed E-state index contributed by atoms with van der Waals surface area (Å²) >= 11 is 0. The third kappa shape index (κ3) is 2.81. The molecule has 2 fully saturated rings. The molecule has 23 heavy (non-hydrogen) atoms. The number of likely N-dealkylation sites (tertiary alicyclic amines) is 1. The third-order valence-electron chi connectivity index (χ3n) is 4.36. The van der Waals surface area contributed by atoms with Crippen LogP contribution in [-0.4, -0.2) is 56.2 Å². The zero-order valence-electron chi connectivity index (χ0n) is 12.8. The molecule has 0 unspecified atom stereocenters. The van der Waals surface area contributed by atoms with Crippen molar-refractivity contribution in [2.24, 2.45) is 5.92 Å². The molecule has 0 aliphatic carbocycles. The Hall–Kier alpha value is -2.35. The molecule has 2 aromatic heterocycles. The molecule has 2 aliphatic rings. The molecule has 8 heteroatoms. The Morgan fingerprint density at radius 1 is 1.39 bits per heavy atom. The van der Waals surface area contributed by atoms with Crippen molar-refractivity contribution < 1.29 is 14.1 Å². The minimum atomic E-state index is -0.0832. The van der Waals surface area contributed by atoms with E-state index in [1.165, 1.54) is 12.4 Å². The Balaban J connectivity index is 1.36. The number of ether oxygens (including phenoxy) is 1. The first kappa shape index (κ1) is 14.3. The summed E-state index contributed by atoms with van der Waals surface area (Å²) in [4.78, 5) is 26.4. The molecule has 1 amide bonds. The lowest BCUT2D eigenvalue weighted by Crippen LogP contribution is -2.32. The van der Waals surface area contributed by atoms with Crippen LogP contribution in [-0.2, 0) is 11.2 Å². The Morgan fingerprint density at radius 2 is 2.30 bits per heavy atom. The van der Waals surface area contributed by atoms with E-state index in [0.29, 0.717) is 42.8 Å². The van der Waals surface area contributed by atoms with Crippen LogP contribution in [0.4, 0.5) is 0 Å². The van der Waals surface area contributed by atoms with E-state index in [2.05, 4.69) is 20.1 Å². The molecule has 0 bridgehead atoms. The average molecular weight is 315 g/mol. The van der Waals surface area contributed by atoms with Gasteiger partial charge in [0, 0.05) is 31.4 Å². The van der Waals surface area contributed by atoms with Crippen molar-refractivity contribution in [2.45, 2.75) is 32.0 Å². The number of carbonyl (C=O) groups excluding carboxylic acids is 1. The maximum atomic E-state index is 12.4. The van der Waals surface area contributed by atoms with Gasteiger partial charge in [-0.1, -0.05) is 5.16 Å². The summed E-state index contributed by atoms with van der Waals surface area (Å²) < 4.78 is 11.2. The topological polar surface area (TPSA) is 94.2 Å². The van der Waals surface area contributed by atoms with Crippen LogP contribution in [0, 0.1) is 12.8 Å². The van der Waals surface area contributed by atoms with Gasteiger partial charge in [-0.3, -0.25) is 9.78 Å². The molecule has 2 saturated heterocycles. The van der Waals surface area contributed by atoms with E-state index in [4.69, 9.17) is 9.26 Å². The average Bonchev–Trinajstić information content (AvgIpc) is 3.22. The summed E-state index contributed by atoms with van der Waals surface area (Å²) in [6, 6.07) is 0. The largest absolute Gasteiger partial charge is 0.372 e. The Kier molecular flexibility index (Phi) is 3.53. The summed E-state index contributed by atoms with van der Waals surface area (Å²) in [5, 5.41) is 3.79. The molecule has 0 spiro atoms. The molecule has 0 N–H and O–H groups in total. The van der Waals surface area contributed by atoms with Crippen molar-refractivity contribution in [1.29, 1.82) is 0 Å². The van der Waals surface area contributed by atoms with E-state index >= 15 is 0 Å². The molecule has 2 aromatic rings. The van der Waals surface area contributed by atoms with Crippen molar-refractivity contribution in [3.63, 3.8) is 0 Å². The first-order valence-electron chi connectivity index (χ1n) is 7.69. The van der Waals surface area contributed by atoms with Crippen molar-refractivity contribution in [1.82, 2.24) is 25.0 Å². The Bertz CT molecular complexity index is 690. The van der Waals surface area contributed by atoms with Crippen LogP contribution >= 0.6 is 0 Å². The monoisotopic (exact) mass is 315 g/mol. The molecule has 0 aromatic carbocycles. The maximum Gasteiger partial charge on any atom is 0.274 e. The van der Waals surface area contributed by atoms with Gasteiger partial charge < -0.3 is 14.2 Å². The lowest BCUT2D eigenvalue weighted by atomic mass is 10.0. The van der Waals surface area contributed by atoms with Gasteiger partial charge in [0.05, 0.1) is 24.8 Å². The van der Waals surface area contributed by atoms with Crippen molar-refractivity contribution >= 4 is 5.91 Å². The van der Waals surface area contributed by atoms with Crippen molar-refractivity contribution in [2.75, 3.05) is 13.1 Å². The van der Waals surface area contributed by atoms with E-state index < -0.39 is 0 Å². The second-order valence-corrected chi connectivity index (χ2v) is 6.03. The van der Waals surface area contributed by atoms with Gasteiger partial charge in [0.2, 0.25) is 5.89 Å². The molecular weight excluding hydrogens is 298 g/mol. The molecule has 3 atom stereocenters. The lowest BCUT2D eigenvalue weighted by Gasteiger charge is -2.18. The summed E-state index contributed by atoms with van der Waals surface area (Å²) in [5.41, 5.74) is 0.380. The number of hydrogen-bond donors (Lipinski definition) is 0. The van der Waals surface area contributed by atoms with Crippen LogP contribution in [0.25, 0.3) is 0 Å². The van der Waals surface area contributed by atoms with Crippen LogP contribution in [0.5, 0.6) is 0 Å². The fraction of sp³-hybridized carbons (Fsp3) is 0.533. The minimum Gasteiger partial charge on any atom is -0.372 e. The Morgan fingerprint density at radius 3 is 3.00 bits per heavy atom. The van der Waals surface area contributed by atoms with Gasteiger partial charge >= 0.3 is 0 Å². The predicted molar refractivity (Wildman–Crippen MR) is 77.4 cm³/mol. The van der Waals surface area contributed by atoms with Gasteiger partial charge in [0.15, 0.2) is 5.82 Å². The van der Waals surface area contributed by atoms with E-state index in [-0.39, 0.29) is 18.1 Å². The van der Waals surface area contributed by atoms with Crippen LogP contribution in [0.3, 0.4) is 0 Å². The molecule has 4 heterocycles. The highest BCUT2D eigenvalue weighted by Gasteiger charge is 2.44. The molecule has 120 valence electrons. The van der Waals surface area contributed by atoms with Crippen LogP contribution in [0.15, 0.2) is 23.1 Å². The van der Waals surface area contributed by atoms with Crippen LogP contribution < -0.4 is 0 Å². The summed E-state index contributed by atoms with van der Waals surface area (Å²) in [7, 11) is 0. The van der Waals surface area contributed by atoms with Gasteiger partial charge in [-0.25, -0.2) is 4.98 Å². The maximum absolute atomic E-state index is 12.4. The van der Waals surface area contributed by atoms with Crippen LogP contribution in [0.1, 0.15) is 28.6 Å². The molecule has 4 rings (SSSR count). The third-order valence-corrected chi connectivity index (χ3v) is 4.36. The highest BCUT2D eigenvalue weighted by molar-refractivity contribution is 5.92. The number of nitrogens with zero attached hydrogens (tertiary/aromatic N) is 5. The first-order valence-corrected chi connectivity index (χ1v) is 7.69. The van der Waals surface area contributed by atoms with Crippen molar-refractivity contribution in [3.8, 4) is 0 Å². The number of amides is 1. The summed E-state index contributed by atoms with van der Waals surface area (Å²) in [5.74, 6) is 1.52. The number of aromatic nitrogens is 4. The minimum absolute atomic E-state index is 0.0737. The summed E-state index contributed by atoms with van der Waals surface area (Å²) in [6.45, 7) is 3.09. The fourth-order valence-electron chi connectivity index (χ4n) is 3.35. The highest BCUT2D eigenvalue weighted by Crippen LogP contribution is 2.34. The van der Waals surface area contributed by atoms with Crippen LogP contribution in [0.2, 0.25) is 0 Å². The predicted octanol–water partition coefficient (Wildman–Crippen LogP) is 0.640. The smallest absolute Gasteiger partial charge is 0.274 e. The molecule has 2 aliphatic heterocycles.